The molecule has 0 aliphatic carbocycles. The van der Waals surface area contributed by atoms with E-state index in [1.807, 2.05) is 109 Å². The highest BCUT2D eigenvalue weighted by Crippen LogP contribution is 2.39. The van der Waals surface area contributed by atoms with Crippen molar-refractivity contribution in [2.75, 3.05) is 11.9 Å². The smallest absolute Gasteiger partial charge is 0.322 e. The number of ether oxygens (including phenoxy) is 1. The third-order valence-corrected chi connectivity index (χ3v) is 7.22. The van der Waals surface area contributed by atoms with Gasteiger partial charge in [0, 0.05) is 17.4 Å². The molecule has 7 heteroatoms. The van der Waals surface area contributed by atoms with Gasteiger partial charge in [0.1, 0.15) is 11.6 Å². The fourth-order valence-electron chi connectivity index (χ4n) is 5.34. The molecule has 3 aromatic carbocycles. The Morgan fingerprint density at radius 2 is 1.77 bits per heavy atom. The molecule has 0 fully saturated rings. The van der Waals surface area contributed by atoms with Gasteiger partial charge in [-0.2, -0.15) is 5.10 Å². The fraction of sp³-hybridized carbons (Fsp3) is 0.188. The lowest BCUT2D eigenvalue weighted by atomic mass is 10.0. The second-order valence-corrected chi connectivity index (χ2v) is 9.72. The van der Waals surface area contributed by atoms with Crippen molar-refractivity contribution in [1.29, 1.82) is 0 Å². The van der Waals surface area contributed by atoms with Crippen molar-refractivity contribution in [3.63, 3.8) is 0 Å². The minimum absolute atomic E-state index is 0.177. The number of carbonyl (C=O) groups is 1. The number of aromatic nitrogens is 3. The van der Waals surface area contributed by atoms with Gasteiger partial charge in [-0.15, -0.1) is 0 Å². The number of benzene rings is 3. The lowest BCUT2D eigenvalue weighted by Crippen LogP contribution is -2.38. The summed E-state index contributed by atoms with van der Waals surface area (Å²) >= 11 is 0. The van der Waals surface area contributed by atoms with Crippen molar-refractivity contribution in [3.05, 3.63) is 125 Å². The molecular formula is C32H31N5O2. The lowest BCUT2D eigenvalue weighted by Gasteiger charge is -2.31. The molecule has 39 heavy (non-hydrogen) atoms. The molecule has 7 nitrogen and oxygen atoms in total. The predicted octanol–water partition coefficient (Wildman–Crippen LogP) is 6.82. The minimum Gasteiger partial charge on any atom is -0.494 e. The van der Waals surface area contributed by atoms with E-state index in [4.69, 9.17) is 9.84 Å². The first kappa shape index (κ1) is 24.6. The van der Waals surface area contributed by atoms with Crippen molar-refractivity contribution in [2.45, 2.75) is 33.4 Å². The van der Waals surface area contributed by atoms with E-state index in [9.17, 15) is 4.79 Å². The highest BCUT2D eigenvalue weighted by Gasteiger charge is 2.36. The Hall–Kier alpha value is -4.78. The maximum absolute atomic E-state index is 14.1. The average Bonchev–Trinajstić information content (AvgIpc) is 3.51. The summed E-state index contributed by atoms with van der Waals surface area (Å²) in [5.74, 6) is 1.72. The van der Waals surface area contributed by atoms with Gasteiger partial charge in [0.2, 0.25) is 0 Å². The Bertz CT molecular complexity index is 1640. The standard InChI is InChI=1S/C32H31N5O2/c1-4-39-26-16-10-13-24(20-26)30-29-18-11-19-35(29)31-27(23(3)34-37(31)25-14-6-5-7-15-25)21-36(30)32(38)33-28-17-9-8-12-22(28)2/h5-20,30H,4,21H2,1-3H3,(H,33,38). The highest BCUT2D eigenvalue weighted by molar-refractivity contribution is 5.91. The van der Waals surface area contributed by atoms with Crippen LogP contribution in [0.3, 0.4) is 0 Å². The van der Waals surface area contributed by atoms with Crippen molar-refractivity contribution in [3.8, 4) is 17.3 Å². The highest BCUT2D eigenvalue weighted by atomic mass is 16.5. The van der Waals surface area contributed by atoms with Gasteiger partial charge in [-0.3, -0.25) is 0 Å². The Morgan fingerprint density at radius 3 is 2.56 bits per heavy atom. The van der Waals surface area contributed by atoms with Gasteiger partial charge in [0.15, 0.2) is 0 Å². The minimum atomic E-state index is -0.361. The van der Waals surface area contributed by atoms with Gasteiger partial charge in [0.05, 0.1) is 36.3 Å². The van der Waals surface area contributed by atoms with E-state index in [1.54, 1.807) is 0 Å². The molecule has 1 aliphatic heterocycles. The van der Waals surface area contributed by atoms with Crippen LogP contribution in [0.5, 0.6) is 5.75 Å². The molecule has 3 heterocycles. The number of hydrogen-bond donors (Lipinski definition) is 1. The molecule has 0 saturated carbocycles. The third-order valence-electron chi connectivity index (χ3n) is 7.22. The quantitative estimate of drug-likeness (QED) is 0.278. The average molecular weight is 518 g/mol. The van der Waals surface area contributed by atoms with E-state index >= 15 is 0 Å². The molecule has 1 N–H and O–H groups in total. The number of aryl methyl sites for hydroxylation is 2. The Morgan fingerprint density at radius 1 is 0.974 bits per heavy atom. The third kappa shape index (κ3) is 4.46. The number of para-hydroxylation sites is 2. The van der Waals surface area contributed by atoms with Gasteiger partial charge in [-0.05, 0) is 74.4 Å². The molecule has 1 aliphatic rings. The van der Waals surface area contributed by atoms with E-state index < -0.39 is 0 Å². The molecule has 6 rings (SSSR count). The van der Waals surface area contributed by atoms with E-state index in [-0.39, 0.29) is 12.1 Å². The van der Waals surface area contributed by atoms with Crippen LogP contribution in [0.15, 0.2) is 97.2 Å². The second kappa shape index (κ2) is 10.2. The zero-order chi connectivity index (χ0) is 26.9. The van der Waals surface area contributed by atoms with Crippen LogP contribution in [0.4, 0.5) is 10.5 Å². The van der Waals surface area contributed by atoms with Crippen LogP contribution in [0.1, 0.15) is 41.0 Å². The first-order valence-corrected chi connectivity index (χ1v) is 13.2. The molecule has 0 radical (unpaired) electrons. The van der Waals surface area contributed by atoms with Crippen LogP contribution in [-0.4, -0.2) is 31.9 Å². The Labute approximate surface area is 228 Å². The number of nitrogens with zero attached hydrogens (tertiary/aromatic N) is 4. The number of carbonyl (C=O) groups excluding carboxylic acids is 1. The molecule has 2 aromatic heterocycles. The summed E-state index contributed by atoms with van der Waals surface area (Å²) in [5.41, 5.74) is 6.59. The topological polar surface area (TPSA) is 64.3 Å². The number of rotatable bonds is 5. The molecule has 5 aromatic rings. The van der Waals surface area contributed by atoms with Crippen molar-refractivity contribution in [2.24, 2.45) is 0 Å². The number of urea groups is 1. The van der Waals surface area contributed by atoms with Crippen LogP contribution < -0.4 is 10.1 Å². The SMILES string of the molecule is CCOc1cccc(C2c3cccn3-c3c(c(C)nn3-c3ccccc3)CN2C(=O)Nc2ccccc2C)c1. The summed E-state index contributed by atoms with van der Waals surface area (Å²) in [5, 5.41) is 8.11. The van der Waals surface area contributed by atoms with Crippen LogP contribution in [-0.2, 0) is 6.54 Å². The fourth-order valence-corrected chi connectivity index (χ4v) is 5.34. The second-order valence-electron chi connectivity index (χ2n) is 9.72. The zero-order valence-corrected chi connectivity index (χ0v) is 22.3. The van der Waals surface area contributed by atoms with Gasteiger partial charge in [-0.1, -0.05) is 48.5 Å². The predicted molar refractivity (Wildman–Crippen MR) is 153 cm³/mol. The molecule has 0 bridgehead atoms. The normalized spacial score (nSPS) is 14.3. The number of anilines is 1. The number of nitrogens with one attached hydrogen (secondary N) is 1. The summed E-state index contributed by atoms with van der Waals surface area (Å²) in [6.45, 7) is 6.93. The molecule has 1 unspecified atom stereocenters. The van der Waals surface area contributed by atoms with Gasteiger partial charge < -0.3 is 19.5 Å². The van der Waals surface area contributed by atoms with Crippen molar-refractivity contribution < 1.29 is 9.53 Å². The van der Waals surface area contributed by atoms with E-state index in [0.29, 0.717) is 13.2 Å². The maximum atomic E-state index is 14.1. The van der Waals surface area contributed by atoms with Crippen molar-refractivity contribution >= 4 is 11.7 Å². The molecule has 0 spiro atoms. The number of hydrogen-bond acceptors (Lipinski definition) is 3. The Balaban J connectivity index is 1.54. The van der Waals surface area contributed by atoms with Crippen LogP contribution in [0, 0.1) is 13.8 Å². The molecule has 2 amide bonds. The monoisotopic (exact) mass is 517 g/mol. The van der Waals surface area contributed by atoms with Crippen LogP contribution >= 0.6 is 0 Å². The number of fused-ring (bicyclic) bond motifs is 3. The van der Waals surface area contributed by atoms with Gasteiger partial charge in [0.25, 0.3) is 0 Å². The van der Waals surface area contributed by atoms with Gasteiger partial charge in [-0.25, -0.2) is 9.48 Å². The van der Waals surface area contributed by atoms with Gasteiger partial charge >= 0.3 is 6.03 Å². The van der Waals surface area contributed by atoms with Crippen LogP contribution in [0.25, 0.3) is 11.5 Å². The van der Waals surface area contributed by atoms with E-state index in [1.165, 1.54) is 0 Å². The summed E-state index contributed by atoms with van der Waals surface area (Å²) in [6, 6.07) is 29.6. The molecule has 196 valence electrons. The lowest BCUT2D eigenvalue weighted by molar-refractivity contribution is 0.194. The maximum Gasteiger partial charge on any atom is 0.322 e. The summed E-state index contributed by atoms with van der Waals surface area (Å²) in [4.78, 5) is 16.0. The van der Waals surface area contributed by atoms with Crippen LogP contribution in [0.2, 0.25) is 0 Å². The first-order chi connectivity index (χ1) is 19.0. The Kier molecular flexibility index (Phi) is 6.40. The van der Waals surface area contributed by atoms with E-state index in [0.717, 1.165) is 51.0 Å². The zero-order valence-electron chi connectivity index (χ0n) is 22.3. The van der Waals surface area contributed by atoms with Crippen molar-refractivity contribution in [1.82, 2.24) is 19.2 Å². The van der Waals surface area contributed by atoms with E-state index in [2.05, 4.69) is 28.2 Å². The molecular weight excluding hydrogens is 486 g/mol. The summed E-state index contributed by atoms with van der Waals surface area (Å²) in [6.07, 6.45) is 2.05. The largest absolute Gasteiger partial charge is 0.494 e. The molecule has 0 saturated heterocycles. The first-order valence-electron chi connectivity index (χ1n) is 13.2. The summed E-state index contributed by atoms with van der Waals surface area (Å²) < 4.78 is 9.99. The number of amides is 2. The summed E-state index contributed by atoms with van der Waals surface area (Å²) in [7, 11) is 0. The molecule has 1 atom stereocenters.